The molecule has 0 aliphatic rings. The van der Waals surface area contributed by atoms with Gasteiger partial charge in [-0.05, 0) is 30.5 Å². The standard InChI is InChI=1S/C11H16FNO/c1-7-3-4-9(6-12)5-10(7)11(14)8(2)13/h3-5,8,11,14H,6,13H2,1-2H3. The second-order valence-corrected chi connectivity index (χ2v) is 3.63. The van der Waals surface area contributed by atoms with Crippen LogP contribution < -0.4 is 5.73 Å². The van der Waals surface area contributed by atoms with Crippen LogP contribution in [0.4, 0.5) is 4.39 Å². The second kappa shape index (κ2) is 4.53. The molecular formula is C11H16FNO. The first-order valence-corrected chi connectivity index (χ1v) is 4.65. The Kier molecular flexibility index (Phi) is 3.61. The first-order chi connectivity index (χ1) is 6.56. The smallest absolute Gasteiger partial charge is 0.115 e. The number of hydrogen-bond donors (Lipinski definition) is 2. The zero-order valence-electron chi connectivity index (χ0n) is 8.50. The zero-order valence-corrected chi connectivity index (χ0v) is 8.50. The molecule has 1 aromatic carbocycles. The Hall–Kier alpha value is -0.930. The van der Waals surface area contributed by atoms with E-state index < -0.39 is 12.8 Å². The van der Waals surface area contributed by atoms with Gasteiger partial charge in [0.2, 0.25) is 0 Å². The summed E-state index contributed by atoms with van der Waals surface area (Å²) < 4.78 is 12.4. The van der Waals surface area contributed by atoms with Crippen LogP contribution in [0.1, 0.15) is 29.7 Å². The van der Waals surface area contributed by atoms with Crippen molar-refractivity contribution < 1.29 is 9.50 Å². The number of aliphatic hydroxyl groups excluding tert-OH is 1. The maximum Gasteiger partial charge on any atom is 0.115 e. The third-order valence-electron chi connectivity index (χ3n) is 2.31. The van der Waals surface area contributed by atoms with E-state index in [2.05, 4.69) is 0 Å². The van der Waals surface area contributed by atoms with E-state index in [1.807, 2.05) is 6.92 Å². The van der Waals surface area contributed by atoms with E-state index in [-0.39, 0.29) is 6.04 Å². The van der Waals surface area contributed by atoms with E-state index in [9.17, 15) is 9.50 Å². The molecule has 2 nitrogen and oxygen atoms in total. The van der Waals surface area contributed by atoms with Gasteiger partial charge in [0.15, 0.2) is 0 Å². The Morgan fingerprint density at radius 3 is 2.64 bits per heavy atom. The molecule has 14 heavy (non-hydrogen) atoms. The normalized spacial score (nSPS) is 15.2. The van der Waals surface area contributed by atoms with E-state index >= 15 is 0 Å². The van der Waals surface area contributed by atoms with E-state index in [4.69, 9.17) is 5.73 Å². The first kappa shape index (κ1) is 11.1. The molecule has 0 saturated carbocycles. The molecule has 3 heteroatoms. The van der Waals surface area contributed by atoms with Crippen molar-refractivity contribution in [2.45, 2.75) is 32.7 Å². The quantitative estimate of drug-likeness (QED) is 0.776. The van der Waals surface area contributed by atoms with Gasteiger partial charge in [0.1, 0.15) is 6.67 Å². The number of aryl methyl sites for hydroxylation is 1. The molecule has 0 radical (unpaired) electrons. The third kappa shape index (κ3) is 2.30. The van der Waals surface area contributed by atoms with Crippen LogP contribution in [-0.4, -0.2) is 11.1 Å². The Labute approximate surface area is 83.6 Å². The minimum absolute atomic E-state index is 0.344. The number of rotatable bonds is 3. The number of alkyl halides is 1. The molecule has 0 aliphatic heterocycles. The Morgan fingerprint density at radius 2 is 2.14 bits per heavy atom. The van der Waals surface area contributed by atoms with Crippen LogP contribution >= 0.6 is 0 Å². The van der Waals surface area contributed by atoms with E-state index in [1.165, 1.54) is 0 Å². The van der Waals surface area contributed by atoms with Crippen molar-refractivity contribution in [2.75, 3.05) is 0 Å². The van der Waals surface area contributed by atoms with Crippen LogP contribution in [0.3, 0.4) is 0 Å². The van der Waals surface area contributed by atoms with Gasteiger partial charge in [0.25, 0.3) is 0 Å². The molecule has 0 bridgehead atoms. The molecule has 2 unspecified atom stereocenters. The van der Waals surface area contributed by atoms with Crippen LogP contribution in [0.5, 0.6) is 0 Å². The number of halogens is 1. The molecule has 2 atom stereocenters. The third-order valence-corrected chi connectivity index (χ3v) is 2.31. The highest BCUT2D eigenvalue weighted by Gasteiger charge is 2.14. The van der Waals surface area contributed by atoms with Crippen LogP contribution in [0.2, 0.25) is 0 Å². The lowest BCUT2D eigenvalue weighted by Crippen LogP contribution is -2.25. The summed E-state index contributed by atoms with van der Waals surface area (Å²) in [5, 5.41) is 9.75. The van der Waals surface area contributed by atoms with Gasteiger partial charge >= 0.3 is 0 Å². The second-order valence-electron chi connectivity index (χ2n) is 3.63. The van der Waals surface area contributed by atoms with Gasteiger partial charge in [-0.25, -0.2) is 4.39 Å². The number of aliphatic hydroxyl groups is 1. The Balaban J connectivity index is 3.05. The fourth-order valence-electron chi connectivity index (χ4n) is 1.37. The summed E-state index contributed by atoms with van der Waals surface area (Å²) in [6.45, 7) is 3.09. The van der Waals surface area contributed by atoms with E-state index in [1.54, 1.807) is 25.1 Å². The van der Waals surface area contributed by atoms with Crippen molar-refractivity contribution >= 4 is 0 Å². The van der Waals surface area contributed by atoms with Crippen molar-refractivity contribution in [2.24, 2.45) is 5.73 Å². The molecule has 0 amide bonds. The van der Waals surface area contributed by atoms with Gasteiger partial charge in [-0.2, -0.15) is 0 Å². The molecule has 0 aliphatic carbocycles. The summed E-state index contributed by atoms with van der Waals surface area (Å²) in [5.74, 6) is 0. The summed E-state index contributed by atoms with van der Waals surface area (Å²) >= 11 is 0. The maximum absolute atomic E-state index is 12.4. The average molecular weight is 197 g/mol. The molecule has 0 saturated heterocycles. The summed E-state index contributed by atoms with van der Waals surface area (Å²) in [6.07, 6.45) is -0.721. The van der Waals surface area contributed by atoms with Gasteiger partial charge in [-0.1, -0.05) is 18.2 Å². The number of benzene rings is 1. The van der Waals surface area contributed by atoms with Crippen molar-refractivity contribution in [3.63, 3.8) is 0 Å². The lowest BCUT2D eigenvalue weighted by Gasteiger charge is -2.17. The molecule has 0 aromatic heterocycles. The highest BCUT2D eigenvalue weighted by molar-refractivity contribution is 5.33. The van der Waals surface area contributed by atoms with Crippen molar-refractivity contribution in [1.82, 2.24) is 0 Å². The van der Waals surface area contributed by atoms with Crippen molar-refractivity contribution in [3.05, 3.63) is 34.9 Å². The molecule has 1 rings (SSSR count). The SMILES string of the molecule is Cc1ccc(CF)cc1C(O)C(C)N. The van der Waals surface area contributed by atoms with Gasteiger partial charge in [0, 0.05) is 6.04 Å². The molecule has 0 fully saturated rings. The highest BCUT2D eigenvalue weighted by atomic mass is 19.1. The summed E-state index contributed by atoms with van der Waals surface area (Å²) in [7, 11) is 0. The molecule has 1 aromatic rings. The predicted molar refractivity (Wildman–Crippen MR) is 54.6 cm³/mol. The molecule has 0 heterocycles. The fraction of sp³-hybridized carbons (Fsp3) is 0.455. The largest absolute Gasteiger partial charge is 0.387 e. The van der Waals surface area contributed by atoms with Gasteiger partial charge < -0.3 is 10.8 Å². The van der Waals surface area contributed by atoms with Crippen molar-refractivity contribution in [3.8, 4) is 0 Å². The molecule has 0 spiro atoms. The lowest BCUT2D eigenvalue weighted by atomic mass is 9.97. The van der Waals surface area contributed by atoms with Crippen LogP contribution in [0.25, 0.3) is 0 Å². The molecular weight excluding hydrogens is 181 g/mol. The lowest BCUT2D eigenvalue weighted by molar-refractivity contribution is 0.152. The average Bonchev–Trinajstić information content (AvgIpc) is 2.17. The van der Waals surface area contributed by atoms with Crippen LogP contribution in [0, 0.1) is 6.92 Å². The first-order valence-electron chi connectivity index (χ1n) is 4.65. The van der Waals surface area contributed by atoms with Crippen LogP contribution in [0.15, 0.2) is 18.2 Å². The molecule has 3 N–H and O–H groups in total. The zero-order chi connectivity index (χ0) is 10.7. The number of hydrogen-bond acceptors (Lipinski definition) is 2. The minimum atomic E-state index is -0.721. The summed E-state index contributed by atoms with van der Waals surface area (Å²) in [5.41, 5.74) is 7.81. The van der Waals surface area contributed by atoms with Gasteiger partial charge in [0.05, 0.1) is 6.10 Å². The highest BCUT2D eigenvalue weighted by Crippen LogP contribution is 2.21. The number of nitrogens with two attached hydrogens (primary N) is 1. The summed E-state index contributed by atoms with van der Waals surface area (Å²) in [4.78, 5) is 0. The predicted octanol–water partition coefficient (Wildman–Crippen LogP) is 1.85. The maximum atomic E-state index is 12.4. The van der Waals surface area contributed by atoms with Gasteiger partial charge in [-0.3, -0.25) is 0 Å². The van der Waals surface area contributed by atoms with Crippen molar-refractivity contribution in [1.29, 1.82) is 0 Å². The monoisotopic (exact) mass is 197 g/mol. The summed E-state index contributed by atoms with van der Waals surface area (Å²) in [6, 6.07) is 4.84. The Bertz CT molecular complexity index is 312. The van der Waals surface area contributed by atoms with E-state index in [0.717, 1.165) is 11.1 Å². The fourth-order valence-corrected chi connectivity index (χ4v) is 1.37. The Morgan fingerprint density at radius 1 is 1.50 bits per heavy atom. The van der Waals surface area contributed by atoms with E-state index in [0.29, 0.717) is 5.56 Å². The minimum Gasteiger partial charge on any atom is -0.387 e. The van der Waals surface area contributed by atoms with Crippen LogP contribution in [-0.2, 0) is 6.67 Å². The van der Waals surface area contributed by atoms with Gasteiger partial charge in [-0.15, -0.1) is 0 Å². The molecule has 78 valence electrons. The topological polar surface area (TPSA) is 46.2 Å².